The van der Waals surface area contributed by atoms with E-state index in [4.69, 9.17) is 18.9 Å². The molecule has 0 N–H and O–H groups in total. The van der Waals surface area contributed by atoms with Crippen molar-refractivity contribution in [2.45, 2.75) is 47.5 Å². The molecule has 0 saturated carbocycles. The number of aromatic nitrogens is 4. The van der Waals surface area contributed by atoms with Gasteiger partial charge in [-0.1, -0.05) is 6.07 Å². The van der Waals surface area contributed by atoms with Gasteiger partial charge in [-0.05, 0) is 76.6 Å². The first-order chi connectivity index (χ1) is 18.7. The monoisotopic (exact) mass is 576 g/mol. The van der Waals surface area contributed by atoms with Gasteiger partial charge >= 0.3 is 12.0 Å². The van der Waals surface area contributed by atoms with Crippen LogP contribution in [-0.2, 0) is 21.0 Å². The van der Waals surface area contributed by atoms with E-state index >= 15 is 4.39 Å². The van der Waals surface area contributed by atoms with Gasteiger partial charge in [-0.3, -0.25) is 4.79 Å². The summed E-state index contributed by atoms with van der Waals surface area (Å²) in [7, 11) is 0.667. The zero-order valence-corrected chi connectivity index (χ0v) is 25.7. The van der Waals surface area contributed by atoms with Crippen molar-refractivity contribution in [3.63, 3.8) is 0 Å². The molecule has 0 bridgehead atoms. The van der Waals surface area contributed by atoms with E-state index in [0.29, 0.717) is 18.1 Å². The molecule has 0 aliphatic carbocycles. The number of carbonyl (C=O) groups excluding carboxylic acids is 1. The highest BCUT2D eigenvalue weighted by molar-refractivity contribution is 8.32. The summed E-state index contributed by atoms with van der Waals surface area (Å²) in [6.45, 7) is 10.0. The number of hydrogen-bond donors (Lipinski definition) is 0. The molecule has 0 atom stereocenters. The molecule has 0 amide bonds. The average Bonchev–Trinajstić information content (AvgIpc) is 3.25. The minimum Gasteiger partial charge on any atom is -0.476 e. The van der Waals surface area contributed by atoms with Crippen LogP contribution in [-0.4, -0.2) is 76.7 Å². The van der Waals surface area contributed by atoms with Crippen LogP contribution in [0.3, 0.4) is 0 Å². The van der Waals surface area contributed by atoms with Gasteiger partial charge in [0, 0.05) is 23.6 Å². The molecule has 0 fully saturated rings. The van der Waals surface area contributed by atoms with Crippen molar-refractivity contribution in [2.24, 2.45) is 5.41 Å². The van der Waals surface area contributed by atoms with Crippen LogP contribution in [0.4, 0.5) is 4.39 Å². The Morgan fingerprint density at radius 1 is 1.15 bits per heavy atom. The molecule has 0 aliphatic rings. The molecule has 0 radical (unpaired) electrons. The maximum absolute atomic E-state index is 15.4. The number of hydrogen-bond acceptors (Lipinski definition) is 8. The van der Waals surface area contributed by atoms with E-state index in [1.165, 1.54) is 17.9 Å². The summed E-state index contributed by atoms with van der Waals surface area (Å²) in [6, 6.07) is 6.93. The number of ether oxygens (including phenoxy) is 4. The van der Waals surface area contributed by atoms with Crippen molar-refractivity contribution < 1.29 is 28.1 Å². The quantitative estimate of drug-likeness (QED) is 0.195. The SMILES string of the molecule is COC(=O)C(C)(C)COc1cc(C)c(-c2ccc(-c3nc(OC(C)C)n(COCCS(C)(C)C)n3)c(F)c2)cn1. The number of benzene rings is 1. The first kappa shape index (κ1) is 31.3. The highest BCUT2D eigenvalue weighted by Crippen LogP contribution is 2.34. The third kappa shape index (κ3) is 8.41. The molecule has 11 heteroatoms. The molecule has 0 unspecified atom stereocenters. The molecule has 0 spiro atoms. The summed E-state index contributed by atoms with van der Waals surface area (Å²) < 4.78 is 39.1. The van der Waals surface area contributed by atoms with Crippen LogP contribution in [0.15, 0.2) is 30.5 Å². The molecule has 220 valence electrons. The number of halogens is 1. The number of methoxy groups -OCH3 is 1. The molecular weight excluding hydrogens is 535 g/mol. The van der Waals surface area contributed by atoms with Gasteiger partial charge in [0.2, 0.25) is 5.88 Å². The van der Waals surface area contributed by atoms with Crippen molar-refractivity contribution in [3.05, 3.63) is 41.8 Å². The van der Waals surface area contributed by atoms with Crippen molar-refractivity contribution in [1.29, 1.82) is 0 Å². The maximum atomic E-state index is 15.4. The van der Waals surface area contributed by atoms with Crippen LogP contribution >= 0.6 is 10.0 Å². The fraction of sp³-hybridized carbons (Fsp3) is 0.517. The summed E-state index contributed by atoms with van der Waals surface area (Å²) in [4.78, 5) is 20.7. The molecule has 3 aromatic rings. The van der Waals surface area contributed by atoms with Crippen molar-refractivity contribution in [1.82, 2.24) is 19.7 Å². The minimum atomic E-state index is -0.817. The Morgan fingerprint density at radius 3 is 2.48 bits per heavy atom. The lowest BCUT2D eigenvalue weighted by Crippen LogP contribution is -2.32. The van der Waals surface area contributed by atoms with Crippen LogP contribution in [0.2, 0.25) is 0 Å². The lowest BCUT2D eigenvalue weighted by atomic mass is 9.95. The van der Waals surface area contributed by atoms with Gasteiger partial charge < -0.3 is 18.9 Å². The first-order valence-corrected chi connectivity index (χ1v) is 16.1. The van der Waals surface area contributed by atoms with Crippen LogP contribution in [0, 0.1) is 18.2 Å². The molecule has 40 heavy (non-hydrogen) atoms. The fourth-order valence-electron chi connectivity index (χ4n) is 3.65. The van der Waals surface area contributed by atoms with E-state index < -0.39 is 21.3 Å². The molecule has 2 heterocycles. The van der Waals surface area contributed by atoms with Crippen molar-refractivity contribution in [3.8, 4) is 34.4 Å². The fourth-order valence-corrected chi connectivity index (χ4v) is 4.27. The lowest BCUT2D eigenvalue weighted by Gasteiger charge is -2.24. The van der Waals surface area contributed by atoms with Crippen LogP contribution < -0.4 is 9.47 Å². The summed E-state index contributed by atoms with van der Waals surface area (Å²) >= 11 is 0. The van der Waals surface area contributed by atoms with Gasteiger partial charge in [0.25, 0.3) is 0 Å². The zero-order valence-electron chi connectivity index (χ0n) is 24.9. The van der Waals surface area contributed by atoms with Crippen LogP contribution in [0.1, 0.15) is 33.3 Å². The summed E-state index contributed by atoms with van der Waals surface area (Å²) in [6.07, 6.45) is 8.20. The Morgan fingerprint density at radius 2 is 1.88 bits per heavy atom. The van der Waals surface area contributed by atoms with Crippen LogP contribution in [0.25, 0.3) is 22.5 Å². The standard InChI is InChI=1S/C29H41FN4O5S/c1-19(2)39-28-32-26(33-34(28)18-37-12-13-40(7,8)9)22-11-10-21(15-24(22)30)23-16-31-25(14-20(23)3)38-17-29(4,5)27(35)36-6/h10-11,14-16,19H,12-13,17-18H2,1-9H3. The van der Waals surface area contributed by atoms with E-state index in [2.05, 4.69) is 33.8 Å². The number of nitrogens with zero attached hydrogens (tertiary/aromatic N) is 4. The zero-order chi connectivity index (χ0) is 29.7. The summed E-state index contributed by atoms with van der Waals surface area (Å²) in [5.74, 6) is 0.721. The minimum absolute atomic E-state index is 0.111. The third-order valence-electron chi connectivity index (χ3n) is 5.96. The molecule has 1 aromatic carbocycles. The second-order valence-electron chi connectivity index (χ2n) is 11.4. The van der Waals surface area contributed by atoms with Gasteiger partial charge in [0.05, 0.1) is 30.8 Å². The number of pyridine rings is 1. The van der Waals surface area contributed by atoms with Gasteiger partial charge in [-0.2, -0.15) is 9.67 Å². The molecule has 0 aliphatic heterocycles. The first-order valence-electron chi connectivity index (χ1n) is 13.0. The number of aryl methyl sites for hydroxylation is 1. The summed E-state index contributed by atoms with van der Waals surface area (Å²) in [5, 5.41) is 4.48. The molecule has 9 nitrogen and oxygen atoms in total. The average molecular weight is 577 g/mol. The third-order valence-corrected chi connectivity index (χ3v) is 7.35. The van der Waals surface area contributed by atoms with Crippen molar-refractivity contribution in [2.75, 3.05) is 44.8 Å². The highest BCUT2D eigenvalue weighted by Gasteiger charge is 2.30. The van der Waals surface area contributed by atoms with Gasteiger partial charge in [0.1, 0.15) is 19.2 Å². The van der Waals surface area contributed by atoms with E-state index in [0.717, 1.165) is 16.9 Å². The molecular formula is C29H41FN4O5S. The normalized spacial score (nSPS) is 12.5. The van der Waals surface area contributed by atoms with Crippen molar-refractivity contribution >= 4 is 16.0 Å². The predicted molar refractivity (Wildman–Crippen MR) is 157 cm³/mol. The van der Waals surface area contributed by atoms with E-state index in [1.807, 2.05) is 20.8 Å². The lowest BCUT2D eigenvalue weighted by molar-refractivity contribution is -0.152. The second kappa shape index (κ2) is 13.0. The Bertz CT molecular complexity index is 1320. The second-order valence-corrected chi connectivity index (χ2v) is 16.0. The Hall–Kier alpha value is -3.18. The smallest absolute Gasteiger partial charge is 0.317 e. The Labute approximate surface area is 237 Å². The van der Waals surface area contributed by atoms with E-state index in [9.17, 15) is 4.79 Å². The number of rotatable bonds is 13. The van der Waals surface area contributed by atoms with E-state index in [-0.39, 0.29) is 42.8 Å². The van der Waals surface area contributed by atoms with Gasteiger partial charge in [0.15, 0.2) is 5.82 Å². The Kier molecular flexibility index (Phi) is 10.2. The number of esters is 1. The molecule has 2 aromatic heterocycles. The van der Waals surface area contributed by atoms with E-state index in [1.54, 1.807) is 38.2 Å². The van der Waals surface area contributed by atoms with Gasteiger partial charge in [-0.25, -0.2) is 19.4 Å². The highest BCUT2D eigenvalue weighted by atomic mass is 32.3. The topological polar surface area (TPSA) is 97.6 Å². The maximum Gasteiger partial charge on any atom is 0.317 e. The number of carbonyl (C=O) groups is 1. The van der Waals surface area contributed by atoms with Crippen LogP contribution in [0.5, 0.6) is 11.9 Å². The molecule has 0 saturated heterocycles. The Balaban J connectivity index is 1.79. The largest absolute Gasteiger partial charge is 0.476 e. The summed E-state index contributed by atoms with van der Waals surface area (Å²) in [5.41, 5.74) is 1.69. The van der Waals surface area contributed by atoms with Gasteiger partial charge in [-0.15, -0.1) is 5.10 Å². The predicted octanol–water partition coefficient (Wildman–Crippen LogP) is 5.49. The molecule has 3 rings (SSSR count).